The van der Waals surface area contributed by atoms with E-state index in [1.54, 1.807) is 42.5 Å². The van der Waals surface area contributed by atoms with Crippen molar-refractivity contribution < 1.29 is 30.7 Å². The van der Waals surface area contributed by atoms with Gasteiger partial charge < -0.3 is 10.5 Å². The molecule has 0 radical (unpaired) electrons. The van der Waals surface area contributed by atoms with Gasteiger partial charge in [0, 0.05) is 21.8 Å². The van der Waals surface area contributed by atoms with Crippen LogP contribution in [0.15, 0.2) is 81.9 Å². The molecule has 4 aromatic carbocycles. The van der Waals surface area contributed by atoms with Gasteiger partial charge in [-0.3, -0.25) is 9.11 Å². The molecule has 0 heterocycles. The van der Waals surface area contributed by atoms with Crippen LogP contribution in [0.5, 0.6) is 5.75 Å². The molecule has 0 saturated heterocycles. The molecule has 0 fully saturated rings. The molecule has 0 amide bonds. The first-order valence-corrected chi connectivity index (χ1v) is 13.4. The zero-order valence-electron chi connectivity index (χ0n) is 18.2. The second-order valence-electron chi connectivity index (χ2n) is 7.71. The molecule has 0 aliphatic rings. The molecule has 0 unspecified atom stereocenters. The topological polar surface area (TPSA) is 169 Å². The van der Waals surface area contributed by atoms with Gasteiger partial charge in [0.15, 0.2) is 0 Å². The Bertz CT molecular complexity index is 1670. The number of fused-ring (bicyclic) bond motifs is 2. The molecule has 0 spiro atoms. The Morgan fingerprint density at radius 3 is 2.34 bits per heavy atom. The highest BCUT2D eigenvalue weighted by Gasteiger charge is 2.13. The standard InChI is InChI=1S/C23H21N3O7S2/c24-21-9-10-22(19-8-6-17(14-20(19)21)35(30,31)32)26-25-16-5-7-18-15(13-16)3-1-4-23(18)33-11-2-12-34(27,28)29/h1,3-10,13-14H,2,11-12,24H2,(H,27,28,29)(H,30,31,32). The summed E-state index contributed by atoms with van der Waals surface area (Å²) in [6.45, 7) is 0.129. The lowest BCUT2D eigenvalue weighted by atomic mass is 10.1. The minimum absolute atomic E-state index is 0.129. The van der Waals surface area contributed by atoms with Gasteiger partial charge in [0.05, 0.1) is 28.6 Å². The average molecular weight is 516 g/mol. The number of ether oxygens (including phenoxy) is 1. The number of nitrogens with two attached hydrogens (primary N) is 1. The summed E-state index contributed by atoms with van der Waals surface area (Å²) < 4.78 is 68.4. The van der Waals surface area contributed by atoms with Crippen LogP contribution in [0.2, 0.25) is 0 Å². The lowest BCUT2D eigenvalue weighted by molar-refractivity contribution is 0.319. The quantitative estimate of drug-likeness (QED) is 0.129. The normalized spacial score (nSPS) is 12.5. The van der Waals surface area contributed by atoms with Gasteiger partial charge in [0.2, 0.25) is 0 Å². The minimum Gasteiger partial charge on any atom is -0.493 e. The smallest absolute Gasteiger partial charge is 0.294 e. The summed E-state index contributed by atoms with van der Waals surface area (Å²) >= 11 is 0. The number of hydrogen-bond acceptors (Lipinski definition) is 8. The number of azo groups is 1. The fraction of sp³-hybridized carbons (Fsp3) is 0.130. The molecular weight excluding hydrogens is 494 g/mol. The van der Waals surface area contributed by atoms with Gasteiger partial charge in [-0.25, -0.2) is 0 Å². The maximum atomic E-state index is 11.5. The Labute approximate surface area is 201 Å². The van der Waals surface area contributed by atoms with E-state index < -0.39 is 20.2 Å². The lowest BCUT2D eigenvalue weighted by Gasteiger charge is -2.09. The molecule has 0 atom stereocenters. The molecule has 4 aromatic rings. The Morgan fingerprint density at radius 1 is 0.829 bits per heavy atom. The van der Waals surface area contributed by atoms with E-state index in [4.69, 9.17) is 15.0 Å². The highest BCUT2D eigenvalue weighted by Crippen LogP contribution is 2.34. The zero-order chi connectivity index (χ0) is 25.2. The predicted molar refractivity (Wildman–Crippen MR) is 133 cm³/mol. The Morgan fingerprint density at radius 2 is 1.60 bits per heavy atom. The van der Waals surface area contributed by atoms with E-state index in [9.17, 15) is 21.4 Å². The van der Waals surface area contributed by atoms with Gasteiger partial charge in [-0.1, -0.05) is 18.2 Å². The Hall–Kier alpha value is -3.58. The van der Waals surface area contributed by atoms with Gasteiger partial charge >= 0.3 is 0 Å². The summed E-state index contributed by atoms with van der Waals surface area (Å²) in [7, 11) is -8.40. The van der Waals surface area contributed by atoms with Gasteiger partial charge in [-0.05, 0) is 60.3 Å². The molecule has 0 aliphatic heterocycles. The number of hydrogen-bond donors (Lipinski definition) is 3. The Balaban J connectivity index is 1.59. The van der Waals surface area contributed by atoms with Crippen LogP contribution in [0.1, 0.15) is 6.42 Å². The van der Waals surface area contributed by atoms with Crippen molar-refractivity contribution in [2.24, 2.45) is 10.2 Å². The SMILES string of the molecule is Nc1ccc(N=Nc2ccc3c(OCCCS(=O)(=O)O)cccc3c2)c2ccc(S(=O)(=O)O)cc12. The highest BCUT2D eigenvalue weighted by molar-refractivity contribution is 7.86. The number of benzene rings is 4. The zero-order valence-corrected chi connectivity index (χ0v) is 19.8. The van der Waals surface area contributed by atoms with Crippen molar-refractivity contribution in [2.75, 3.05) is 18.1 Å². The fourth-order valence-electron chi connectivity index (χ4n) is 3.55. The molecule has 0 saturated carbocycles. The summed E-state index contributed by atoms with van der Waals surface area (Å²) in [5, 5.41) is 11.2. The summed E-state index contributed by atoms with van der Waals surface area (Å²) in [6, 6.07) is 18.1. The van der Waals surface area contributed by atoms with Crippen LogP contribution in [0.25, 0.3) is 21.5 Å². The molecule has 10 nitrogen and oxygen atoms in total. The van der Waals surface area contributed by atoms with E-state index in [1.807, 2.05) is 6.07 Å². The van der Waals surface area contributed by atoms with Crippen molar-refractivity contribution in [1.29, 1.82) is 0 Å². The Kier molecular flexibility index (Phi) is 6.72. The molecule has 0 aliphatic carbocycles. The van der Waals surface area contributed by atoms with E-state index >= 15 is 0 Å². The van der Waals surface area contributed by atoms with Crippen molar-refractivity contribution in [1.82, 2.24) is 0 Å². The number of anilines is 1. The summed E-state index contributed by atoms with van der Waals surface area (Å²) in [6.07, 6.45) is 0.156. The minimum atomic E-state index is -4.38. The lowest BCUT2D eigenvalue weighted by Crippen LogP contribution is -2.08. The molecular formula is C23H21N3O7S2. The second-order valence-corrected chi connectivity index (χ2v) is 10.7. The van der Waals surface area contributed by atoms with Crippen molar-refractivity contribution in [3.63, 3.8) is 0 Å². The summed E-state index contributed by atoms with van der Waals surface area (Å²) in [5.74, 6) is 0.194. The maximum Gasteiger partial charge on any atom is 0.294 e. The van der Waals surface area contributed by atoms with Crippen LogP contribution in [-0.2, 0) is 20.2 Å². The first-order valence-electron chi connectivity index (χ1n) is 10.3. The summed E-state index contributed by atoms with van der Waals surface area (Å²) in [5.41, 5.74) is 7.34. The van der Waals surface area contributed by atoms with Gasteiger partial charge in [-0.15, -0.1) is 5.11 Å². The van der Waals surface area contributed by atoms with Crippen LogP contribution in [-0.4, -0.2) is 38.3 Å². The van der Waals surface area contributed by atoms with Gasteiger partial charge in [0.1, 0.15) is 5.75 Å². The third-order valence-corrected chi connectivity index (χ3v) is 6.85. The molecule has 4 rings (SSSR count). The fourth-order valence-corrected chi connectivity index (χ4v) is 4.54. The van der Waals surface area contributed by atoms with E-state index in [-0.39, 0.29) is 23.7 Å². The third kappa shape index (κ3) is 5.92. The molecule has 182 valence electrons. The number of rotatable bonds is 8. The van der Waals surface area contributed by atoms with E-state index in [0.717, 1.165) is 10.8 Å². The maximum absolute atomic E-state index is 11.5. The van der Waals surface area contributed by atoms with Gasteiger partial charge in [-0.2, -0.15) is 21.9 Å². The molecule has 12 heteroatoms. The van der Waals surface area contributed by atoms with Crippen molar-refractivity contribution in [3.8, 4) is 5.75 Å². The van der Waals surface area contributed by atoms with E-state index in [1.165, 1.54) is 18.2 Å². The second kappa shape index (κ2) is 9.58. The van der Waals surface area contributed by atoms with Crippen molar-refractivity contribution >= 4 is 58.8 Å². The van der Waals surface area contributed by atoms with Crippen LogP contribution < -0.4 is 10.5 Å². The van der Waals surface area contributed by atoms with Crippen molar-refractivity contribution in [3.05, 3.63) is 66.7 Å². The van der Waals surface area contributed by atoms with E-state index in [2.05, 4.69) is 10.2 Å². The van der Waals surface area contributed by atoms with Crippen LogP contribution in [0.3, 0.4) is 0 Å². The first-order chi connectivity index (χ1) is 16.5. The average Bonchev–Trinajstić information content (AvgIpc) is 2.80. The largest absolute Gasteiger partial charge is 0.493 e. The van der Waals surface area contributed by atoms with Crippen LogP contribution in [0, 0.1) is 0 Å². The number of nitrogens with zero attached hydrogens (tertiary/aromatic N) is 2. The van der Waals surface area contributed by atoms with Crippen LogP contribution >= 0.6 is 0 Å². The van der Waals surface area contributed by atoms with E-state index in [0.29, 0.717) is 33.6 Å². The van der Waals surface area contributed by atoms with Gasteiger partial charge in [0.25, 0.3) is 20.2 Å². The predicted octanol–water partition coefficient (Wildman–Crippen LogP) is 4.89. The monoisotopic (exact) mass is 515 g/mol. The highest BCUT2D eigenvalue weighted by atomic mass is 32.2. The third-order valence-electron chi connectivity index (χ3n) is 5.20. The summed E-state index contributed by atoms with van der Waals surface area (Å²) in [4.78, 5) is -0.267. The van der Waals surface area contributed by atoms with Crippen molar-refractivity contribution in [2.45, 2.75) is 11.3 Å². The number of nitrogen functional groups attached to an aromatic ring is 1. The molecule has 4 N–H and O–H groups in total. The molecule has 0 aromatic heterocycles. The molecule has 35 heavy (non-hydrogen) atoms. The first kappa shape index (κ1) is 24.5. The van der Waals surface area contributed by atoms with Crippen LogP contribution in [0.4, 0.5) is 17.1 Å². The molecule has 0 bridgehead atoms.